The molecule has 1 aromatic heterocycles. The minimum absolute atomic E-state index is 0.129. The van der Waals surface area contributed by atoms with E-state index in [2.05, 4.69) is 9.72 Å². The molecular weight excluding hydrogens is 216 g/mol. The lowest BCUT2D eigenvalue weighted by molar-refractivity contribution is -0.277. The van der Waals surface area contributed by atoms with Crippen LogP contribution < -0.4 is 4.74 Å². The lowest BCUT2D eigenvalue weighted by Gasteiger charge is -2.08. The summed E-state index contributed by atoms with van der Waals surface area (Å²) in [4.78, 5) is 3.11. The third-order valence-electron chi connectivity index (χ3n) is 1.36. The highest BCUT2D eigenvalue weighted by Crippen LogP contribution is 2.23. The summed E-state index contributed by atoms with van der Waals surface area (Å²) < 4.78 is 51.3. The van der Waals surface area contributed by atoms with Crippen LogP contribution in [0.2, 0.25) is 0 Å². The molecule has 0 bridgehead atoms. The summed E-state index contributed by atoms with van der Waals surface area (Å²) in [6.45, 7) is 0. The second-order valence-electron chi connectivity index (χ2n) is 2.51. The predicted molar refractivity (Wildman–Crippen MR) is 40.2 cm³/mol. The van der Waals surface area contributed by atoms with Crippen LogP contribution in [0.15, 0.2) is 12.3 Å². The van der Waals surface area contributed by atoms with Crippen molar-refractivity contribution in [3.63, 3.8) is 0 Å². The van der Waals surface area contributed by atoms with Crippen LogP contribution in [0.4, 0.5) is 17.6 Å². The molecule has 0 aliphatic rings. The smallest absolute Gasteiger partial charge is 0.385 e. The van der Waals surface area contributed by atoms with Crippen LogP contribution in [0.1, 0.15) is 5.56 Å². The Morgan fingerprint density at radius 2 is 2.13 bits per heavy atom. The lowest BCUT2D eigenvalue weighted by Crippen LogP contribution is -2.18. The molecular formula is C8H4F4N2O. The number of ether oxygens (including phenoxy) is 1. The van der Waals surface area contributed by atoms with Gasteiger partial charge in [-0.2, -0.15) is 5.26 Å². The van der Waals surface area contributed by atoms with Crippen LogP contribution in [-0.4, -0.2) is 11.3 Å². The number of pyridine rings is 1. The molecule has 0 N–H and O–H groups in total. The van der Waals surface area contributed by atoms with Crippen LogP contribution in [-0.2, 0) is 6.42 Å². The minimum atomic E-state index is -4.98. The van der Waals surface area contributed by atoms with Gasteiger partial charge in [-0.15, -0.1) is 13.2 Å². The molecule has 0 amide bonds. The molecule has 80 valence electrons. The standard InChI is InChI=1S/C8H4F4N2O/c9-6-3-5(1-2-13)4-14-7(6)15-8(10,11)12/h3-4H,1H2. The molecule has 1 aromatic rings. The van der Waals surface area contributed by atoms with E-state index in [4.69, 9.17) is 5.26 Å². The first kappa shape index (κ1) is 11.2. The van der Waals surface area contributed by atoms with E-state index in [1.54, 1.807) is 6.07 Å². The first-order valence-electron chi connectivity index (χ1n) is 3.69. The summed E-state index contributed by atoms with van der Waals surface area (Å²) in [7, 11) is 0. The molecule has 0 aliphatic carbocycles. The van der Waals surface area contributed by atoms with Crippen LogP contribution >= 0.6 is 0 Å². The quantitative estimate of drug-likeness (QED) is 0.717. The highest BCUT2D eigenvalue weighted by Gasteiger charge is 2.33. The Balaban J connectivity index is 2.89. The van der Waals surface area contributed by atoms with Crippen molar-refractivity contribution in [1.82, 2.24) is 4.98 Å². The van der Waals surface area contributed by atoms with Crippen molar-refractivity contribution in [2.45, 2.75) is 12.8 Å². The topological polar surface area (TPSA) is 45.9 Å². The number of hydrogen-bond donors (Lipinski definition) is 0. The maximum absolute atomic E-state index is 12.9. The number of nitriles is 1. The van der Waals surface area contributed by atoms with E-state index < -0.39 is 18.1 Å². The number of aromatic nitrogens is 1. The van der Waals surface area contributed by atoms with Gasteiger partial charge in [0.15, 0.2) is 5.82 Å². The van der Waals surface area contributed by atoms with Crippen molar-refractivity contribution in [3.8, 4) is 11.9 Å². The zero-order valence-electron chi connectivity index (χ0n) is 7.18. The molecule has 0 fully saturated rings. The van der Waals surface area contributed by atoms with E-state index in [1.165, 1.54) is 0 Å². The molecule has 3 nitrogen and oxygen atoms in total. The molecule has 0 aliphatic heterocycles. The Morgan fingerprint density at radius 1 is 1.47 bits per heavy atom. The highest BCUT2D eigenvalue weighted by atomic mass is 19.4. The molecule has 7 heteroatoms. The first-order valence-corrected chi connectivity index (χ1v) is 3.69. The van der Waals surface area contributed by atoms with Crippen molar-refractivity contribution >= 4 is 0 Å². The molecule has 0 atom stereocenters. The van der Waals surface area contributed by atoms with E-state index in [0.717, 1.165) is 12.3 Å². The maximum Gasteiger partial charge on any atom is 0.574 e. The van der Waals surface area contributed by atoms with Crippen LogP contribution in [0.25, 0.3) is 0 Å². The SMILES string of the molecule is N#CCc1cnc(OC(F)(F)F)c(F)c1. The van der Waals surface area contributed by atoms with Gasteiger partial charge in [0.25, 0.3) is 5.88 Å². The Hall–Kier alpha value is -1.84. The minimum Gasteiger partial charge on any atom is -0.385 e. The van der Waals surface area contributed by atoms with Gasteiger partial charge in [0.1, 0.15) is 0 Å². The summed E-state index contributed by atoms with van der Waals surface area (Å²) >= 11 is 0. The molecule has 1 heterocycles. The van der Waals surface area contributed by atoms with Crippen molar-refractivity contribution in [3.05, 3.63) is 23.6 Å². The Kier molecular flexibility index (Phi) is 3.09. The van der Waals surface area contributed by atoms with Crippen molar-refractivity contribution in [2.24, 2.45) is 0 Å². The van der Waals surface area contributed by atoms with Crippen LogP contribution in [0.3, 0.4) is 0 Å². The van der Waals surface area contributed by atoms with Crippen molar-refractivity contribution in [1.29, 1.82) is 5.26 Å². The second-order valence-corrected chi connectivity index (χ2v) is 2.51. The van der Waals surface area contributed by atoms with Gasteiger partial charge in [-0.05, 0) is 11.6 Å². The van der Waals surface area contributed by atoms with E-state index >= 15 is 0 Å². The van der Waals surface area contributed by atoms with E-state index in [9.17, 15) is 17.6 Å². The van der Waals surface area contributed by atoms with Crippen LogP contribution in [0.5, 0.6) is 5.88 Å². The van der Waals surface area contributed by atoms with Gasteiger partial charge in [0, 0.05) is 6.20 Å². The zero-order chi connectivity index (χ0) is 11.5. The Labute approximate surface area is 81.9 Å². The fourth-order valence-electron chi connectivity index (χ4n) is 0.838. The van der Waals surface area contributed by atoms with Gasteiger partial charge in [-0.3, -0.25) is 0 Å². The van der Waals surface area contributed by atoms with Crippen molar-refractivity contribution in [2.75, 3.05) is 0 Å². The summed E-state index contributed by atoms with van der Waals surface area (Å²) in [5.41, 5.74) is 0.185. The summed E-state index contributed by atoms with van der Waals surface area (Å²) in [6.07, 6.45) is -4.16. The van der Waals surface area contributed by atoms with Crippen molar-refractivity contribution < 1.29 is 22.3 Å². The molecule has 15 heavy (non-hydrogen) atoms. The number of halogens is 4. The summed E-state index contributed by atoms with van der Waals surface area (Å²) in [6, 6.07) is 2.48. The molecule has 0 saturated heterocycles. The average molecular weight is 220 g/mol. The molecule has 0 spiro atoms. The Bertz CT molecular complexity index is 397. The lowest BCUT2D eigenvalue weighted by atomic mass is 10.2. The van der Waals surface area contributed by atoms with Gasteiger partial charge < -0.3 is 4.74 Å². The average Bonchev–Trinajstić information content (AvgIpc) is 2.08. The molecule has 0 unspecified atom stereocenters. The largest absolute Gasteiger partial charge is 0.574 e. The van der Waals surface area contributed by atoms with Gasteiger partial charge in [0.2, 0.25) is 0 Å². The third kappa shape index (κ3) is 3.42. The van der Waals surface area contributed by atoms with Gasteiger partial charge in [-0.25, -0.2) is 9.37 Å². The van der Waals surface area contributed by atoms with Gasteiger partial charge >= 0.3 is 6.36 Å². The normalized spacial score (nSPS) is 10.9. The second kappa shape index (κ2) is 4.13. The number of alkyl halides is 3. The molecule has 0 saturated carbocycles. The summed E-state index contributed by atoms with van der Waals surface area (Å²) in [5, 5.41) is 8.25. The third-order valence-corrected chi connectivity index (χ3v) is 1.36. The number of nitrogens with zero attached hydrogens (tertiary/aromatic N) is 2. The number of hydrogen-bond acceptors (Lipinski definition) is 3. The molecule has 1 rings (SSSR count). The molecule has 0 radical (unpaired) electrons. The predicted octanol–water partition coefficient (Wildman–Crippen LogP) is 2.19. The number of rotatable bonds is 2. The van der Waals surface area contributed by atoms with Gasteiger partial charge in [-0.1, -0.05) is 0 Å². The van der Waals surface area contributed by atoms with Gasteiger partial charge in [0.05, 0.1) is 12.5 Å². The Morgan fingerprint density at radius 3 is 2.60 bits per heavy atom. The van der Waals surface area contributed by atoms with E-state index in [1.807, 2.05) is 0 Å². The fourth-order valence-corrected chi connectivity index (χ4v) is 0.838. The maximum atomic E-state index is 12.9. The summed E-state index contributed by atoms with van der Waals surface area (Å²) in [5.74, 6) is -2.40. The fraction of sp³-hybridized carbons (Fsp3) is 0.250. The first-order chi connectivity index (χ1) is 6.92. The molecule has 0 aromatic carbocycles. The van der Waals surface area contributed by atoms with Crippen LogP contribution in [0, 0.1) is 17.1 Å². The zero-order valence-corrected chi connectivity index (χ0v) is 7.18. The highest BCUT2D eigenvalue weighted by molar-refractivity contribution is 5.22. The van der Waals surface area contributed by atoms with E-state index in [0.29, 0.717) is 0 Å². The van der Waals surface area contributed by atoms with E-state index in [-0.39, 0.29) is 12.0 Å². The monoisotopic (exact) mass is 220 g/mol.